The van der Waals surface area contributed by atoms with Crippen molar-refractivity contribution in [1.82, 2.24) is 0 Å². The Morgan fingerprint density at radius 1 is 0.964 bits per heavy atom. The fraction of sp³-hybridized carbons (Fsp3) is 0.696. The standard InChI is InChI=1S/C23H39FNOP.Y/c1-7-10-13-27(14-11-8-2,15-12-9-3)20(6)23(26)25-22-18(4)16-21(24)17-19(22)5;/h16-17,20H,7-15H2,1-6H3;/p+1. The van der Waals surface area contributed by atoms with Gasteiger partial charge in [-0.3, -0.25) is 4.79 Å². The Labute approximate surface area is 198 Å². The van der Waals surface area contributed by atoms with E-state index >= 15 is 0 Å². The Hall–Kier alpha value is 0.154. The van der Waals surface area contributed by atoms with Gasteiger partial charge in [0.15, 0.2) is 0 Å². The molecular weight excluding hydrogens is 445 g/mol. The van der Waals surface area contributed by atoms with E-state index in [9.17, 15) is 9.18 Å². The zero-order valence-corrected chi connectivity index (χ0v) is 22.6. The fourth-order valence-electron chi connectivity index (χ4n) is 3.92. The van der Waals surface area contributed by atoms with Gasteiger partial charge in [-0.05, 0) is 63.3 Å². The number of anilines is 1. The van der Waals surface area contributed by atoms with Crippen LogP contribution in [0.2, 0.25) is 0 Å². The van der Waals surface area contributed by atoms with Gasteiger partial charge in [-0.25, -0.2) is 4.39 Å². The van der Waals surface area contributed by atoms with Gasteiger partial charge in [-0.1, -0.05) is 40.0 Å². The quantitative estimate of drug-likeness (QED) is 0.312. The zero-order valence-electron chi connectivity index (χ0n) is 18.9. The van der Waals surface area contributed by atoms with Crippen LogP contribution in [0.25, 0.3) is 0 Å². The summed E-state index contributed by atoms with van der Waals surface area (Å²) in [5.74, 6) is -0.115. The van der Waals surface area contributed by atoms with E-state index in [4.69, 9.17) is 0 Å². The molecule has 2 nitrogen and oxygen atoms in total. The molecule has 28 heavy (non-hydrogen) atoms. The second-order valence-electron chi connectivity index (χ2n) is 8.03. The Bertz CT molecular complexity index is 563. The molecule has 0 aliphatic heterocycles. The topological polar surface area (TPSA) is 29.1 Å². The molecule has 1 aromatic carbocycles. The third-order valence-corrected chi connectivity index (χ3v) is 11.3. The predicted octanol–water partition coefficient (Wildman–Crippen LogP) is 7.18. The molecular formula is C23H40FNOPY+. The second kappa shape index (κ2) is 14.2. The summed E-state index contributed by atoms with van der Waals surface area (Å²) < 4.78 is 13.6. The molecule has 1 aromatic rings. The number of carbonyl (C=O) groups excluding carboxylic acids is 1. The van der Waals surface area contributed by atoms with Crippen LogP contribution in [0, 0.1) is 19.7 Å². The first-order chi connectivity index (χ1) is 12.8. The smallest absolute Gasteiger partial charge is 0.264 e. The number of unbranched alkanes of at least 4 members (excludes halogenated alkanes) is 3. The molecule has 1 radical (unpaired) electrons. The molecule has 0 saturated heterocycles. The molecule has 0 fully saturated rings. The monoisotopic (exact) mass is 485 g/mol. The maximum absolute atomic E-state index is 13.6. The van der Waals surface area contributed by atoms with E-state index in [2.05, 4.69) is 33.0 Å². The summed E-state index contributed by atoms with van der Waals surface area (Å²) >= 11 is 0. The number of rotatable bonds is 12. The van der Waals surface area contributed by atoms with E-state index in [1.165, 1.54) is 69.1 Å². The molecule has 5 heteroatoms. The van der Waals surface area contributed by atoms with Crippen LogP contribution >= 0.6 is 7.26 Å². The summed E-state index contributed by atoms with van der Waals surface area (Å²) in [5, 5.41) is 3.16. The molecule has 1 amide bonds. The molecule has 0 spiro atoms. The molecule has 0 heterocycles. The van der Waals surface area contributed by atoms with Crippen molar-refractivity contribution in [2.45, 2.75) is 85.7 Å². The number of halogens is 1. The van der Waals surface area contributed by atoms with Gasteiger partial charge in [-0.15, -0.1) is 0 Å². The molecule has 1 unspecified atom stereocenters. The maximum Gasteiger partial charge on any atom is 0.264 e. The van der Waals surface area contributed by atoms with Gasteiger partial charge >= 0.3 is 0 Å². The Morgan fingerprint density at radius 3 is 1.71 bits per heavy atom. The van der Waals surface area contributed by atoms with Gasteiger partial charge in [0, 0.05) is 45.7 Å². The summed E-state index contributed by atoms with van der Waals surface area (Å²) in [6, 6.07) is 3.00. The summed E-state index contributed by atoms with van der Waals surface area (Å²) in [5.41, 5.74) is 2.44. The summed E-state index contributed by atoms with van der Waals surface area (Å²) in [4.78, 5) is 13.3. The van der Waals surface area contributed by atoms with Gasteiger partial charge in [0.2, 0.25) is 0 Å². The minimum absolute atomic E-state index is 0. The molecule has 1 rings (SSSR count). The number of benzene rings is 1. The van der Waals surface area contributed by atoms with E-state index in [0.29, 0.717) is 0 Å². The molecule has 1 atom stereocenters. The Balaban J connectivity index is 0.00000729. The number of amides is 1. The van der Waals surface area contributed by atoms with Crippen molar-refractivity contribution in [3.63, 3.8) is 0 Å². The summed E-state index contributed by atoms with van der Waals surface area (Å²) in [6.45, 7) is 12.6. The van der Waals surface area contributed by atoms with Crippen molar-refractivity contribution in [1.29, 1.82) is 0 Å². The van der Waals surface area contributed by atoms with Gasteiger partial charge in [0.1, 0.15) is 11.5 Å². The number of hydrogen-bond donors (Lipinski definition) is 1. The van der Waals surface area contributed by atoms with Gasteiger partial charge in [0.05, 0.1) is 18.5 Å². The number of nitrogens with one attached hydrogen (secondary N) is 1. The first kappa shape index (κ1) is 28.2. The van der Waals surface area contributed by atoms with Crippen LogP contribution < -0.4 is 5.32 Å². The van der Waals surface area contributed by atoms with Gasteiger partial charge in [0.25, 0.3) is 5.91 Å². The van der Waals surface area contributed by atoms with Crippen molar-refractivity contribution in [2.75, 3.05) is 23.8 Å². The Kier molecular flexibility index (Phi) is 14.3. The van der Waals surface area contributed by atoms with Crippen LogP contribution in [0.3, 0.4) is 0 Å². The normalized spacial score (nSPS) is 12.4. The fourth-order valence-corrected chi connectivity index (χ4v) is 9.15. The van der Waals surface area contributed by atoms with Crippen LogP contribution in [0.15, 0.2) is 12.1 Å². The first-order valence-corrected chi connectivity index (χ1v) is 13.2. The predicted molar refractivity (Wildman–Crippen MR) is 120 cm³/mol. The van der Waals surface area contributed by atoms with E-state index in [-0.39, 0.29) is 50.1 Å². The average Bonchev–Trinajstić information content (AvgIpc) is 2.63. The van der Waals surface area contributed by atoms with E-state index < -0.39 is 7.26 Å². The van der Waals surface area contributed by atoms with Crippen LogP contribution in [-0.4, -0.2) is 30.1 Å². The van der Waals surface area contributed by atoms with E-state index in [0.717, 1.165) is 16.8 Å². The summed E-state index contributed by atoms with van der Waals surface area (Å²) in [7, 11) is -1.36. The second-order valence-corrected chi connectivity index (χ2v) is 12.6. The number of hydrogen-bond acceptors (Lipinski definition) is 1. The first-order valence-electron chi connectivity index (χ1n) is 10.7. The zero-order chi connectivity index (χ0) is 20.4. The van der Waals surface area contributed by atoms with Crippen LogP contribution in [0.5, 0.6) is 0 Å². The molecule has 0 aliphatic rings. The molecule has 0 aliphatic carbocycles. The van der Waals surface area contributed by atoms with Crippen LogP contribution in [0.4, 0.5) is 10.1 Å². The van der Waals surface area contributed by atoms with Crippen molar-refractivity contribution < 1.29 is 41.9 Å². The van der Waals surface area contributed by atoms with Gasteiger partial charge < -0.3 is 5.32 Å². The molecule has 157 valence electrons. The minimum Gasteiger partial charge on any atom is -0.322 e. The molecule has 0 aromatic heterocycles. The van der Waals surface area contributed by atoms with Crippen molar-refractivity contribution in [3.8, 4) is 0 Å². The van der Waals surface area contributed by atoms with Crippen LogP contribution in [-0.2, 0) is 37.5 Å². The molecule has 0 bridgehead atoms. The molecule has 1 N–H and O–H groups in total. The van der Waals surface area contributed by atoms with Crippen molar-refractivity contribution in [3.05, 3.63) is 29.1 Å². The van der Waals surface area contributed by atoms with E-state index in [1.807, 2.05) is 13.8 Å². The van der Waals surface area contributed by atoms with Crippen molar-refractivity contribution >= 4 is 18.9 Å². The minimum atomic E-state index is -1.36. The SMILES string of the molecule is CCCC[P+](CCCC)(CCCC)C(C)C(=O)Nc1c(C)cc(F)cc1C.[Y]. The third kappa shape index (κ3) is 8.12. The molecule has 0 saturated carbocycles. The average molecular weight is 485 g/mol. The number of aryl methyl sites for hydroxylation is 2. The Morgan fingerprint density at radius 2 is 1.36 bits per heavy atom. The van der Waals surface area contributed by atoms with Crippen LogP contribution in [0.1, 0.15) is 77.3 Å². The number of carbonyl (C=O) groups is 1. The summed E-state index contributed by atoms with van der Waals surface area (Å²) in [6.07, 6.45) is 10.9. The third-order valence-electron chi connectivity index (χ3n) is 5.82. The maximum atomic E-state index is 13.6. The van der Waals surface area contributed by atoms with Crippen molar-refractivity contribution in [2.24, 2.45) is 0 Å². The van der Waals surface area contributed by atoms with E-state index in [1.54, 1.807) is 0 Å². The van der Waals surface area contributed by atoms with Gasteiger partial charge in [-0.2, -0.15) is 0 Å². The largest absolute Gasteiger partial charge is 0.322 e.